The van der Waals surface area contributed by atoms with Crippen LogP contribution in [0.15, 0.2) is 42.5 Å². The molecule has 0 saturated heterocycles. The molecule has 114 valence electrons. The third-order valence-electron chi connectivity index (χ3n) is 2.68. The summed E-state index contributed by atoms with van der Waals surface area (Å²) in [5, 5.41) is 13.4. The van der Waals surface area contributed by atoms with Gasteiger partial charge in [0.15, 0.2) is 6.23 Å². The summed E-state index contributed by atoms with van der Waals surface area (Å²) in [6.45, 7) is 0.615. The standard InChI is InChI=1S/C15H20N2O4/c1-17(2)13(21-15(20)9-8-14(18)19)10-11-16-12-6-4-3-5-7-12/h3-9,13,16H,10-11H2,1-2H3,(H,18,19)/p-1/b9-8+. The number of esters is 1. The molecule has 0 saturated carbocycles. The van der Waals surface area contributed by atoms with Gasteiger partial charge >= 0.3 is 5.97 Å². The van der Waals surface area contributed by atoms with Gasteiger partial charge in [-0.05, 0) is 32.3 Å². The van der Waals surface area contributed by atoms with Crippen LogP contribution in [0.1, 0.15) is 6.42 Å². The van der Waals surface area contributed by atoms with E-state index >= 15 is 0 Å². The van der Waals surface area contributed by atoms with Gasteiger partial charge in [-0.1, -0.05) is 18.2 Å². The molecule has 0 fully saturated rings. The Morgan fingerprint density at radius 1 is 1.29 bits per heavy atom. The Kier molecular flexibility index (Phi) is 6.97. The van der Waals surface area contributed by atoms with E-state index in [2.05, 4.69) is 5.32 Å². The number of carbonyl (C=O) groups excluding carboxylic acids is 2. The van der Waals surface area contributed by atoms with E-state index in [9.17, 15) is 14.7 Å². The highest BCUT2D eigenvalue weighted by molar-refractivity contribution is 5.89. The van der Waals surface area contributed by atoms with Gasteiger partial charge in [0.25, 0.3) is 0 Å². The van der Waals surface area contributed by atoms with Crippen molar-refractivity contribution in [3.05, 3.63) is 42.5 Å². The molecule has 6 nitrogen and oxygen atoms in total. The number of carboxylic acids is 1. The summed E-state index contributed by atoms with van der Waals surface area (Å²) in [7, 11) is 3.56. The van der Waals surface area contributed by atoms with Crippen LogP contribution < -0.4 is 10.4 Å². The van der Waals surface area contributed by atoms with Crippen molar-refractivity contribution >= 4 is 17.6 Å². The summed E-state index contributed by atoms with van der Waals surface area (Å²) in [5.41, 5.74) is 0.984. The molecule has 1 atom stereocenters. The number of anilines is 1. The molecule has 0 radical (unpaired) electrons. The molecule has 6 heteroatoms. The lowest BCUT2D eigenvalue weighted by Gasteiger charge is -2.24. The van der Waals surface area contributed by atoms with Crippen molar-refractivity contribution in [2.45, 2.75) is 12.6 Å². The predicted molar refractivity (Wildman–Crippen MR) is 77.3 cm³/mol. The Morgan fingerprint density at radius 2 is 1.95 bits per heavy atom. The first-order chi connectivity index (χ1) is 9.99. The highest BCUT2D eigenvalue weighted by Gasteiger charge is 2.14. The average molecular weight is 291 g/mol. The van der Waals surface area contributed by atoms with E-state index in [1.165, 1.54) is 0 Å². The fourth-order valence-electron chi connectivity index (χ4n) is 1.63. The molecule has 21 heavy (non-hydrogen) atoms. The largest absolute Gasteiger partial charge is 0.545 e. The number of carboxylic acid groups (broad SMARTS) is 1. The van der Waals surface area contributed by atoms with E-state index in [1.807, 2.05) is 30.3 Å². The normalized spacial score (nSPS) is 12.3. The molecule has 0 amide bonds. The van der Waals surface area contributed by atoms with Gasteiger partial charge in [-0.25, -0.2) is 4.79 Å². The number of hydrogen-bond donors (Lipinski definition) is 1. The second-order valence-corrected chi connectivity index (χ2v) is 4.59. The Bertz CT molecular complexity index is 486. The number of ether oxygens (including phenoxy) is 1. The zero-order chi connectivity index (χ0) is 15.7. The number of nitrogens with zero attached hydrogens (tertiary/aromatic N) is 1. The summed E-state index contributed by atoms with van der Waals surface area (Å²) in [4.78, 5) is 23.4. The van der Waals surface area contributed by atoms with Gasteiger partial charge in [0.1, 0.15) is 0 Å². The molecule has 1 rings (SSSR count). The summed E-state index contributed by atoms with van der Waals surface area (Å²) < 4.78 is 5.17. The van der Waals surface area contributed by atoms with Crippen LogP contribution in [0.3, 0.4) is 0 Å². The molecular weight excluding hydrogens is 272 g/mol. The Hall–Kier alpha value is -2.34. The molecule has 0 aliphatic heterocycles. The zero-order valence-corrected chi connectivity index (χ0v) is 12.1. The third-order valence-corrected chi connectivity index (χ3v) is 2.68. The monoisotopic (exact) mass is 291 g/mol. The van der Waals surface area contributed by atoms with E-state index in [1.54, 1.807) is 19.0 Å². The lowest BCUT2D eigenvalue weighted by molar-refractivity contribution is -0.297. The number of rotatable bonds is 8. The van der Waals surface area contributed by atoms with E-state index in [-0.39, 0.29) is 0 Å². The van der Waals surface area contributed by atoms with Crippen molar-refractivity contribution in [3.8, 4) is 0 Å². The second-order valence-electron chi connectivity index (χ2n) is 4.59. The summed E-state index contributed by atoms with van der Waals surface area (Å²) in [6.07, 6.45) is 1.61. The zero-order valence-electron chi connectivity index (χ0n) is 12.1. The molecule has 0 aliphatic rings. The van der Waals surface area contributed by atoms with Crippen molar-refractivity contribution in [3.63, 3.8) is 0 Å². The third kappa shape index (κ3) is 7.12. The number of para-hydroxylation sites is 1. The van der Waals surface area contributed by atoms with Crippen molar-refractivity contribution in [1.29, 1.82) is 0 Å². The number of nitrogens with one attached hydrogen (secondary N) is 1. The van der Waals surface area contributed by atoms with Crippen molar-refractivity contribution in [2.75, 3.05) is 26.0 Å². The molecule has 1 aromatic carbocycles. The molecule has 0 spiro atoms. The number of aliphatic carboxylic acids is 1. The highest BCUT2D eigenvalue weighted by atomic mass is 16.6. The van der Waals surface area contributed by atoms with Gasteiger partial charge in [0.2, 0.25) is 0 Å². The molecule has 1 unspecified atom stereocenters. The second kappa shape index (κ2) is 8.76. The topological polar surface area (TPSA) is 81.7 Å². The summed E-state index contributed by atoms with van der Waals surface area (Å²) in [5.74, 6) is -2.14. The van der Waals surface area contributed by atoms with Gasteiger partial charge in [-0.3, -0.25) is 4.90 Å². The predicted octanol–water partition coefficient (Wildman–Crippen LogP) is 0.226. The van der Waals surface area contributed by atoms with E-state index < -0.39 is 18.2 Å². The quantitative estimate of drug-likeness (QED) is 0.419. The van der Waals surface area contributed by atoms with Gasteiger partial charge in [-0.15, -0.1) is 0 Å². The van der Waals surface area contributed by atoms with Gasteiger partial charge < -0.3 is 20.0 Å². The van der Waals surface area contributed by atoms with Gasteiger partial charge in [0.05, 0.1) is 5.97 Å². The van der Waals surface area contributed by atoms with Crippen molar-refractivity contribution in [1.82, 2.24) is 4.90 Å². The lowest BCUT2D eigenvalue weighted by atomic mass is 10.3. The van der Waals surface area contributed by atoms with Crippen LogP contribution in [0.25, 0.3) is 0 Å². The van der Waals surface area contributed by atoms with E-state index in [4.69, 9.17) is 4.74 Å². The minimum Gasteiger partial charge on any atom is -0.545 e. The SMILES string of the molecule is CN(C)C(CCNc1ccccc1)OC(=O)/C=C/C(=O)[O-]. The minimum absolute atomic E-state index is 0.444. The molecule has 1 aromatic rings. The van der Waals surface area contributed by atoms with Crippen LogP contribution in [-0.2, 0) is 14.3 Å². The van der Waals surface area contributed by atoms with Crippen LogP contribution in [0.2, 0.25) is 0 Å². The molecule has 0 heterocycles. The Morgan fingerprint density at radius 3 is 2.52 bits per heavy atom. The van der Waals surface area contributed by atoms with Crippen LogP contribution in [0.4, 0.5) is 5.69 Å². The molecule has 0 aromatic heterocycles. The lowest BCUT2D eigenvalue weighted by Crippen LogP contribution is -2.34. The average Bonchev–Trinajstić information content (AvgIpc) is 2.45. The van der Waals surface area contributed by atoms with Gasteiger partial charge in [0, 0.05) is 24.7 Å². The van der Waals surface area contributed by atoms with E-state index in [0.717, 1.165) is 11.8 Å². The fourth-order valence-corrected chi connectivity index (χ4v) is 1.63. The Balaban J connectivity index is 2.43. The minimum atomic E-state index is -1.43. The molecule has 1 N–H and O–H groups in total. The van der Waals surface area contributed by atoms with Crippen molar-refractivity contribution in [2.24, 2.45) is 0 Å². The Labute approximate surface area is 124 Å². The maximum atomic E-state index is 11.4. The number of carbonyl (C=O) groups is 2. The van der Waals surface area contributed by atoms with Crippen molar-refractivity contribution < 1.29 is 19.4 Å². The first kappa shape index (κ1) is 16.7. The van der Waals surface area contributed by atoms with Gasteiger partial charge in [-0.2, -0.15) is 0 Å². The van der Waals surface area contributed by atoms with Crippen LogP contribution in [0, 0.1) is 0 Å². The van der Waals surface area contributed by atoms with Crippen LogP contribution in [-0.4, -0.2) is 43.7 Å². The number of benzene rings is 1. The van der Waals surface area contributed by atoms with E-state index in [0.29, 0.717) is 19.0 Å². The van der Waals surface area contributed by atoms with Crippen LogP contribution in [0.5, 0.6) is 0 Å². The molecular formula is C15H19N2O4-. The molecule has 0 aliphatic carbocycles. The smallest absolute Gasteiger partial charge is 0.332 e. The summed E-state index contributed by atoms with van der Waals surface area (Å²) in [6, 6.07) is 9.67. The van der Waals surface area contributed by atoms with Crippen LogP contribution >= 0.6 is 0 Å². The fraction of sp³-hybridized carbons (Fsp3) is 0.333. The first-order valence-corrected chi connectivity index (χ1v) is 6.54. The number of hydrogen-bond acceptors (Lipinski definition) is 6. The summed E-state index contributed by atoms with van der Waals surface area (Å²) >= 11 is 0. The maximum absolute atomic E-state index is 11.4. The maximum Gasteiger partial charge on any atom is 0.332 e. The molecule has 0 bridgehead atoms. The first-order valence-electron chi connectivity index (χ1n) is 6.54. The highest BCUT2D eigenvalue weighted by Crippen LogP contribution is 2.07.